The fraction of sp³-hybridized carbons (Fsp3) is 0.333. The molecular weight excluding hydrogens is 326 g/mol. The van der Waals surface area contributed by atoms with Gasteiger partial charge in [0.25, 0.3) is 0 Å². The Balaban J connectivity index is 2.22. The number of hydrogen-bond acceptors (Lipinski definition) is 2. The molecule has 0 bridgehead atoms. The molecular formula is C18H22BrNO. The summed E-state index contributed by atoms with van der Waals surface area (Å²) in [7, 11) is 1.93. The molecule has 0 saturated carbocycles. The first-order valence-electron chi connectivity index (χ1n) is 7.11. The second kappa shape index (κ2) is 6.63. The highest BCUT2D eigenvalue weighted by Gasteiger charge is 2.13. The van der Waals surface area contributed by atoms with Crippen molar-refractivity contribution in [2.24, 2.45) is 0 Å². The first-order valence-corrected chi connectivity index (χ1v) is 7.91. The Morgan fingerprint density at radius 3 is 2.29 bits per heavy atom. The highest BCUT2D eigenvalue weighted by atomic mass is 79.9. The molecule has 0 atom stereocenters. The summed E-state index contributed by atoms with van der Waals surface area (Å²) in [6.07, 6.45) is 0. The van der Waals surface area contributed by atoms with E-state index in [-0.39, 0.29) is 5.41 Å². The molecule has 0 heterocycles. The average molecular weight is 348 g/mol. The van der Waals surface area contributed by atoms with Crippen LogP contribution < -0.4 is 10.1 Å². The number of ether oxygens (including phenoxy) is 1. The second-order valence-electron chi connectivity index (χ2n) is 6.16. The maximum Gasteiger partial charge on any atom is 0.131 e. The Hall–Kier alpha value is -1.32. The van der Waals surface area contributed by atoms with Crippen molar-refractivity contribution in [1.29, 1.82) is 0 Å². The lowest BCUT2D eigenvalue weighted by Gasteiger charge is -2.19. The maximum atomic E-state index is 6.02. The third-order valence-corrected chi connectivity index (χ3v) is 3.83. The van der Waals surface area contributed by atoms with E-state index >= 15 is 0 Å². The van der Waals surface area contributed by atoms with Crippen LogP contribution in [0.4, 0.5) is 0 Å². The first-order chi connectivity index (χ1) is 9.90. The standard InChI is InChI=1S/C18H22BrNO/c1-18(2,3)14-5-8-16(9-6-14)21-17-10-7-15(19)11-13(17)12-20-4/h5-11,20H,12H2,1-4H3. The van der Waals surface area contributed by atoms with E-state index in [0.29, 0.717) is 0 Å². The lowest BCUT2D eigenvalue weighted by molar-refractivity contribution is 0.473. The van der Waals surface area contributed by atoms with Crippen LogP contribution in [0.2, 0.25) is 0 Å². The summed E-state index contributed by atoms with van der Waals surface area (Å²) in [5, 5.41) is 3.17. The summed E-state index contributed by atoms with van der Waals surface area (Å²) in [6, 6.07) is 14.4. The quantitative estimate of drug-likeness (QED) is 0.814. The van der Waals surface area contributed by atoms with Crippen molar-refractivity contribution < 1.29 is 4.74 Å². The molecule has 21 heavy (non-hydrogen) atoms. The molecule has 0 aliphatic rings. The fourth-order valence-corrected chi connectivity index (χ4v) is 2.53. The maximum absolute atomic E-state index is 6.02. The monoisotopic (exact) mass is 347 g/mol. The number of nitrogens with one attached hydrogen (secondary N) is 1. The Kier molecular flexibility index (Phi) is 5.07. The van der Waals surface area contributed by atoms with E-state index < -0.39 is 0 Å². The zero-order valence-corrected chi connectivity index (χ0v) is 14.6. The van der Waals surface area contributed by atoms with Gasteiger partial charge in [-0.25, -0.2) is 0 Å². The molecule has 2 aromatic carbocycles. The zero-order chi connectivity index (χ0) is 15.5. The number of benzene rings is 2. The summed E-state index contributed by atoms with van der Waals surface area (Å²) < 4.78 is 7.08. The van der Waals surface area contributed by atoms with Crippen LogP contribution >= 0.6 is 15.9 Å². The van der Waals surface area contributed by atoms with E-state index in [4.69, 9.17) is 4.74 Å². The Labute approximate surface area is 135 Å². The summed E-state index contributed by atoms with van der Waals surface area (Å²) in [4.78, 5) is 0. The molecule has 0 aliphatic heterocycles. The minimum Gasteiger partial charge on any atom is -0.457 e. The van der Waals surface area contributed by atoms with Crippen LogP contribution in [-0.2, 0) is 12.0 Å². The van der Waals surface area contributed by atoms with Gasteiger partial charge in [-0.3, -0.25) is 0 Å². The van der Waals surface area contributed by atoms with Crippen LogP contribution in [0.5, 0.6) is 11.5 Å². The summed E-state index contributed by atoms with van der Waals surface area (Å²) >= 11 is 3.50. The number of rotatable bonds is 4. The predicted octanol–water partition coefficient (Wildman–Crippen LogP) is 5.26. The van der Waals surface area contributed by atoms with Gasteiger partial charge in [0.1, 0.15) is 11.5 Å². The molecule has 0 aliphatic carbocycles. The minimum absolute atomic E-state index is 0.160. The smallest absolute Gasteiger partial charge is 0.131 e. The van der Waals surface area contributed by atoms with E-state index in [1.165, 1.54) is 5.56 Å². The number of hydrogen-bond donors (Lipinski definition) is 1. The molecule has 0 unspecified atom stereocenters. The molecule has 2 aromatic rings. The second-order valence-corrected chi connectivity index (χ2v) is 7.07. The molecule has 1 N–H and O–H groups in total. The zero-order valence-electron chi connectivity index (χ0n) is 13.0. The largest absolute Gasteiger partial charge is 0.457 e. The summed E-state index contributed by atoms with van der Waals surface area (Å²) in [5.41, 5.74) is 2.60. The molecule has 0 spiro atoms. The van der Waals surface area contributed by atoms with Crippen LogP contribution in [0.3, 0.4) is 0 Å². The van der Waals surface area contributed by atoms with Crippen LogP contribution in [0.25, 0.3) is 0 Å². The molecule has 0 fully saturated rings. The molecule has 0 saturated heterocycles. The Bertz CT molecular complexity index is 600. The average Bonchev–Trinajstić information content (AvgIpc) is 2.42. The van der Waals surface area contributed by atoms with Gasteiger partial charge in [0.05, 0.1) is 0 Å². The van der Waals surface area contributed by atoms with Gasteiger partial charge in [-0.2, -0.15) is 0 Å². The van der Waals surface area contributed by atoms with E-state index in [1.807, 2.05) is 31.3 Å². The normalized spacial score (nSPS) is 11.5. The van der Waals surface area contributed by atoms with Gasteiger partial charge in [0.2, 0.25) is 0 Å². The van der Waals surface area contributed by atoms with Crippen molar-refractivity contribution in [2.45, 2.75) is 32.7 Å². The fourth-order valence-electron chi connectivity index (χ4n) is 2.13. The third kappa shape index (κ3) is 4.32. The first kappa shape index (κ1) is 16.1. The van der Waals surface area contributed by atoms with Gasteiger partial charge in [-0.15, -0.1) is 0 Å². The van der Waals surface area contributed by atoms with Crippen LogP contribution in [-0.4, -0.2) is 7.05 Å². The molecule has 0 radical (unpaired) electrons. The predicted molar refractivity (Wildman–Crippen MR) is 92.1 cm³/mol. The van der Waals surface area contributed by atoms with Gasteiger partial charge < -0.3 is 10.1 Å². The lowest BCUT2D eigenvalue weighted by atomic mass is 9.87. The van der Waals surface area contributed by atoms with Crippen molar-refractivity contribution in [3.8, 4) is 11.5 Å². The summed E-state index contributed by atoms with van der Waals surface area (Å²) in [5.74, 6) is 1.75. The van der Waals surface area contributed by atoms with Crippen molar-refractivity contribution >= 4 is 15.9 Å². The van der Waals surface area contributed by atoms with Gasteiger partial charge in [0.15, 0.2) is 0 Å². The summed E-state index contributed by atoms with van der Waals surface area (Å²) in [6.45, 7) is 7.41. The van der Waals surface area contributed by atoms with E-state index in [0.717, 1.165) is 28.1 Å². The van der Waals surface area contributed by atoms with Crippen LogP contribution in [0, 0.1) is 0 Å². The van der Waals surface area contributed by atoms with Gasteiger partial charge >= 0.3 is 0 Å². The van der Waals surface area contributed by atoms with Gasteiger partial charge in [-0.05, 0) is 48.4 Å². The third-order valence-electron chi connectivity index (χ3n) is 3.34. The Morgan fingerprint density at radius 1 is 1.05 bits per heavy atom. The molecule has 0 aromatic heterocycles. The minimum atomic E-state index is 0.160. The highest BCUT2D eigenvalue weighted by Crippen LogP contribution is 2.30. The van der Waals surface area contributed by atoms with Crippen LogP contribution in [0.15, 0.2) is 46.9 Å². The lowest BCUT2D eigenvalue weighted by Crippen LogP contribution is -2.10. The molecule has 3 heteroatoms. The van der Waals surface area contributed by atoms with E-state index in [2.05, 4.69) is 60.2 Å². The van der Waals surface area contributed by atoms with Gasteiger partial charge in [0, 0.05) is 16.6 Å². The molecule has 112 valence electrons. The Morgan fingerprint density at radius 2 is 1.71 bits per heavy atom. The van der Waals surface area contributed by atoms with Crippen LogP contribution in [0.1, 0.15) is 31.9 Å². The molecule has 2 nitrogen and oxygen atoms in total. The van der Waals surface area contributed by atoms with E-state index in [9.17, 15) is 0 Å². The van der Waals surface area contributed by atoms with Gasteiger partial charge in [-0.1, -0.05) is 48.8 Å². The molecule has 2 rings (SSSR count). The van der Waals surface area contributed by atoms with Crippen molar-refractivity contribution in [1.82, 2.24) is 5.32 Å². The SMILES string of the molecule is CNCc1cc(Br)ccc1Oc1ccc(C(C)(C)C)cc1. The topological polar surface area (TPSA) is 21.3 Å². The highest BCUT2D eigenvalue weighted by molar-refractivity contribution is 9.10. The van der Waals surface area contributed by atoms with E-state index in [1.54, 1.807) is 0 Å². The van der Waals surface area contributed by atoms with Crippen molar-refractivity contribution in [2.75, 3.05) is 7.05 Å². The van der Waals surface area contributed by atoms with Crippen molar-refractivity contribution in [3.63, 3.8) is 0 Å². The number of halogens is 1. The molecule has 0 amide bonds. The van der Waals surface area contributed by atoms with Crippen molar-refractivity contribution in [3.05, 3.63) is 58.1 Å².